The molecule has 23 heavy (non-hydrogen) atoms. The number of rotatable bonds is 5. The molecule has 0 saturated carbocycles. The molecule has 128 valence electrons. The van der Waals surface area contributed by atoms with Crippen molar-refractivity contribution < 1.29 is 19.2 Å². The van der Waals surface area contributed by atoms with E-state index in [-0.39, 0.29) is 23.2 Å². The van der Waals surface area contributed by atoms with E-state index in [1.165, 1.54) is 13.2 Å². The fraction of sp³-hybridized carbons (Fsp3) is 0.625. The van der Waals surface area contributed by atoms with Gasteiger partial charge in [0, 0.05) is 11.6 Å². The highest BCUT2D eigenvalue weighted by Crippen LogP contribution is 2.35. The van der Waals surface area contributed by atoms with Crippen molar-refractivity contribution in [3.8, 4) is 5.88 Å². The molecule has 0 spiro atoms. The molecule has 0 aliphatic rings. The second kappa shape index (κ2) is 6.93. The number of hydrogen-bond donors (Lipinski definition) is 0. The highest BCUT2D eigenvalue weighted by molar-refractivity contribution is 5.80. The van der Waals surface area contributed by atoms with E-state index in [4.69, 9.17) is 9.47 Å². The average molecular weight is 324 g/mol. The minimum atomic E-state index is -0.843. The summed E-state index contributed by atoms with van der Waals surface area (Å²) in [6.07, 6.45) is 0. The van der Waals surface area contributed by atoms with E-state index in [9.17, 15) is 14.9 Å². The van der Waals surface area contributed by atoms with Gasteiger partial charge in [0.2, 0.25) is 5.88 Å². The van der Waals surface area contributed by atoms with Crippen LogP contribution in [-0.2, 0) is 9.53 Å². The number of methoxy groups -OCH3 is 1. The van der Waals surface area contributed by atoms with Crippen molar-refractivity contribution in [1.29, 1.82) is 0 Å². The van der Waals surface area contributed by atoms with Crippen molar-refractivity contribution in [2.24, 2.45) is 5.92 Å². The Bertz CT molecular complexity index is 605. The van der Waals surface area contributed by atoms with Crippen molar-refractivity contribution in [3.63, 3.8) is 0 Å². The molecule has 7 nitrogen and oxygen atoms in total. The maximum absolute atomic E-state index is 12.5. The zero-order chi connectivity index (χ0) is 17.9. The Balaban J connectivity index is 3.47. The number of nitrogens with zero attached hydrogens (tertiary/aromatic N) is 2. The maximum atomic E-state index is 12.5. The van der Waals surface area contributed by atoms with Crippen LogP contribution >= 0.6 is 0 Å². The maximum Gasteiger partial charge on any atom is 0.316 e. The number of aryl methyl sites for hydroxylation is 1. The Kier molecular flexibility index (Phi) is 5.69. The first-order chi connectivity index (χ1) is 10.5. The fourth-order valence-electron chi connectivity index (χ4n) is 2.24. The lowest BCUT2D eigenvalue weighted by Crippen LogP contribution is -2.30. The second-order valence-corrected chi connectivity index (χ2v) is 6.73. The van der Waals surface area contributed by atoms with Gasteiger partial charge in [-0.25, -0.2) is 4.98 Å². The van der Waals surface area contributed by atoms with Crippen molar-refractivity contribution in [2.45, 2.75) is 53.1 Å². The monoisotopic (exact) mass is 324 g/mol. The van der Waals surface area contributed by atoms with Gasteiger partial charge in [-0.15, -0.1) is 0 Å². The molecule has 0 aliphatic carbocycles. The molecule has 0 aliphatic heterocycles. The summed E-state index contributed by atoms with van der Waals surface area (Å²) in [7, 11) is 1.43. The molecule has 7 heteroatoms. The van der Waals surface area contributed by atoms with E-state index >= 15 is 0 Å². The van der Waals surface area contributed by atoms with Crippen molar-refractivity contribution >= 4 is 11.7 Å². The van der Waals surface area contributed by atoms with Gasteiger partial charge < -0.3 is 9.47 Å². The zero-order valence-corrected chi connectivity index (χ0v) is 14.7. The number of esters is 1. The van der Waals surface area contributed by atoms with Crippen LogP contribution in [0.5, 0.6) is 5.88 Å². The Hall–Kier alpha value is -2.18. The smallest absolute Gasteiger partial charge is 0.316 e. The van der Waals surface area contributed by atoms with Crippen LogP contribution in [0.3, 0.4) is 0 Å². The molecule has 1 aromatic heterocycles. The first-order valence-electron chi connectivity index (χ1n) is 7.40. The lowest BCUT2D eigenvalue weighted by molar-refractivity contribution is -0.386. The van der Waals surface area contributed by atoms with Crippen LogP contribution in [0.4, 0.5) is 5.69 Å². The summed E-state index contributed by atoms with van der Waals surface area (Å²) in [4.78, 5) is 27.6. The third-order valence-corrected chi connectivity index (χ3v) is 3.19. The van der Waals surface area contributed by atoms with Crippen molar-refractivity contribution in [1.82, 2.24) is 4.98 Å². The van der Waals surface area contributed by atoms with E-state index < -0.39 is 22.4 Å². The molecule has 1 atom stereocenters. The molecule has 0 saturated heterocycles. The zero-order valence-electron chi connectivity index (χ0n) is 14.7. The average Bonchev–Trinajstić information content (AvgIpc) is 2.37. The summed E-state index contributed by atoms with van der Waals surface area (Å²) >= 11 is 0. The molecule has 0 radical (unpaired) electrons. The highest BCUT2D eigenvalue weighted by atomic mass is 16.6. The van der Waals surface area contributed by atoms with Crippen LogP contribution in [-0.4, -0.2) is 28.6 Å². The largest absolute Gasteiger partial charge is 0.481 e. The van der Waals surface area contributed by atoms with Gasteiger partial charge >= 0.3 is 5.97 Å². The van der Waals surface area contributed by atoms with Gasteiger partial charge in [-0.05, 0) is 33.6 Å². The number of carbonyl (C=O) groups excluding carboxylic acids is 1. The van der Waals surface area contributed by atoms with E-state index in [0.29, 0.717) is 5.56 Å². The lowest BCUT2D eigenvalue weighted by atomic mass is 9.90. The first-order valence-corrected chi connectivity index (χ1v) is 7.40. The topological polar surface area (TPSA) is 91.6 Å². The molecule has 1 aromatic rings. The third-order valence-electron chi connectivity index (χ3n) is 3.19. The van der Waals surface area contributed by atoms with E-state index in [1.54, 1.807) is 41.5 Å². The highest BCUT2D eigenvalue weighted by Gasteiger charge is 2.36. The number of aromatic nitrogens is 1. The predicted octanol–water partition coefficient (Wildman–Crippen LogP) is 3.39. The summed E-state index contributed by atoms with van der Waals surface area (Å²) in [5, 5.41) is 11.4. The molecule has 0 aromatic carbocycles. The molecular formula is C16H24N2O5. The summed E-state index contributed by atoms with van der Waals surface area (Å²) in [6.45, 7) is 10.5. The Morgan fingerprint density at radius 1 is 1.35 bits per heavy atom. The number of pyridine rings is 1. The predicted molar refractivity (Wildman–Crippen MR) is 85.6 cm³/mol. The van der Waals surface area contributed by atoms with E-state index in [0.717, 1.165) is 0 Å². The summed E-state index contributed by atoms with van der Waals surface area (Å²) in [5.41, 5.74) is -0.280. The van der Waals surface area contributed by atoms with Crippen LogP contribution in [0.1, 0.15) is 51.8 Å². The quantitative estimate of drug-likeness (QED) is 0.468. The molecule has 0 fully saturated rings. The molecule has 0 bridgehead atoms. The number of nitro groups is 1. The molecule has 0 N–H and O–H groups in total. The minimum Gasteiger partial charge on any atom is -0.481 e. The Morgan fingerprint density at radius 3 is 2.30 bits per heavy atom. The standard InChI is InChI=1S/C16H24N2O5/c1-9(2)12(15(19)23-16(4,5)6)13-11(18(20)21)8-10(3)14(17-13)22-7/h8-9,12H,1-7H3. The van der Waals surface area contributed by atoms with Crippen LogP contribution in [0.2, 0.25) is 0 Å². The van der Waals surface area contributed by atoms with Crippen molar-refractivity contribution in [2.75, 3.05) is 7.11 Å². The Morgan fingerprint density at radius 2 is 1.91 bits per heavy atom. The van der Waals surface area contributed by atoms with Crippen LogP contribution < -0.4 is 4.74 Å². The third kappa shape index (κ3) is 4.64. The molecule has 1 unspecified atom stereocenters. The Labute approximate surface area is 136 Å². The first kappa shape index (κ1) is 18.9. The lowest BCUT2D eigenvalue weighted by Gasteiger charge is -2.25. The minimum absolute atomic E-state index is 0.0710. The molecule has 1 rings (SSSR count). The number of hydrogen-bond acceptors (Lipinski definition) is 6. The fourth-order valence-corrected chi connectivity index (χ4v) is 2.24. The second-order valence-electron chi connectivity index (χ2n) is 6.73. The van der Waals surface area contributed by atoms with Gasteiger partial charge in [0.05, 0.1) is 12.0 Å². The summed E-state index contributed by atoms with van der Waals surface area (Å²) in [5.74, 6) is -1.33. The molecule has 0 amide bonds. The van der Waals surface area contributed by atoms with Gasteiger partial charge in [0.15, 0.2) is 0 Å². The number of ether oxygens (including phenoxy) is 2. The van der Waals surface area contributed by atoms with Crippen LogP contribution in [0.25, 0.3) is 0 Å². The van der Waals surface area contributed by atoms with Gasteiger partial charge in [-0.3, -0.25) is 14.9 Å². The SMILES string of the molecule is COc1nc(C(C(=O)OC(C)(C)C)C(C)C)c([N+](=O)[O-])cc1C. The van der Waals surface area contributed by atoms with Crippen LogP contribution in [0, 0.1) is 23.0 Å². The van der Waals surface area contributed by atoms with Gasteiger partial charge in [-0.2, -0.15) is 0 Å². The number of carbonyl (C=O) groups is 1. The van der Waals surface area contributed by atoms with E-state index in [1.807, 2.05) is 0 Å². The van der Waals surface area contributed by atoms with Crippen molar-refractivity contribution in [3.05, 3.63) is 27.4 Å². The normalized spacial score (nSPS) is 12.9. The van der Waals surface area contributed by atoms with Gasteiger partial charge in [0.1, 0.15) is 17.2 Å². The molecule has 1 heterocycles. The van der Waals surface area contributed by atoms with E-state index in [2.05, 4.69) is 4.98 Å². The van der Waals surface area contributed by atoms with Crippen LogP contribution in [0.15, 0.2) is 6.07 Å². The van der Waals surface area contributed by atoms with Gasteiger partial charge in [0.25, 0.3) is 5.69 Å². The summed E-state index contributed by atoms with van der Waals surface area (Å²) in [6, 6.07) is 1.38. The molecular weight excluding hydrogens is 300 g/mol. The summed E-state index contributed by atoms with van der Waals surface area (Å²) < 4.78 is 10.6. The van der Waals surface area contributed by atoms with Gasteiger partial charge in [-0.1, -0.05) is 13.8 Å².